The standard InChI is InChI=1S/C27H29N3O3/c1-17-5-4-6-25(18(17)2)30-14-12-24-22(27(30)32)15-21-23(28-24)11-13-29(26(21)31)16-19-7-9-20(33-3)10-8-19/h7-15,17-18,25H,4-6,16H2,1-3H3/t17-,18+,25+/m1/s1. The van der Waals surface area contributed by atoms with Crippen molar-refractivity contribution in [3.63, 3.8) is 0 Å². The van der Waals surface area contributed by atoms with Crippen LogP contribution in [0.25, 0.3) is 21.8 Å². The first-order valence-electron chi connectivity index (χ1n) is 11.6. The molecule has 3 heterocycles. The van der Waals surface area contributed by atoms with Crippen molar-refractivity contribution < 1.29 is 4.74 Å². The lowest BCUT2D eigenvalue weighted by molar-refractivity contribution is 0.183. The Balaban J connectivity index is 1.58. The molecule has 1 aromatic carbocycles. The van der Waals surface area contributed by atoms with E-state index in [1.807, 2.05) is 47.2 Å². The summed E-state index contributed by atoms with van der Waals surface area (Å²) in [6.07, 6.45) is 6.99. The smallest absolute Gasteiger partial charge is 0.260 e. The molecule has 6 heteroatoms. The van der Waals surface area contributed by atoms with Gasteiger partial charge in [-0.1, -0.05) is 38.8 Å². The Bertz CT molecular complexity index is 1440. The molecule has 6 nitrogen and oxygen atoms in total. The molecule has 3 aromatic heterocycles. The van der Waals surface area contributed by atoms with Crippen molar-refractivity contribution in [2.45, 2.75) is 45.7 Å². The van der Waals surface area contributed by atoms with Gasteiger partial charge in [0, 0.05) is 18.4 Å². The van der Waals surface area contributed by atoms with Gasteiger partial charge in [-0.15, -0.1) is 0 Å². The molecule has 33 heavy (non-hydrogen) atoms. The van der Waals surface area contributed by atoms with Crippen LogP contribution in [0.15, 0.2) is 64.4 Å². The predicted molar refractivity (Wildman–Crippen MR) is 131 cm³/mol. The summed E-state index contributed by atoms with van der Waals surface area (Å²) in [6, 6.07) is 13.3. The van der Waals surface area contributed by atoms with Crippen LogP contribution in [0, 0.1) is 11.8 Å². The molecule has 0 radical (unpaired) electrons. The average Bonchev–Trinajstić information content (AvgIpc) is 2.83. The van der Waals surface area contributed by atoms with E-state index in [2.05, 4.69) is 18.8 Å². The molecule has 1 saturated carbocycles. The van der Waals surface area contributed by atoms with E-state index in [-0.39, 0.29) is 17.2 Å². The van der Waals surface area contributed by atoms with E-state index in [0.29, 0.717) is 40.2 Å². The summed E-state index contributed by atoms with van der Waals surface area (Å²) >= 11 is 0. The zero-order chi connectivity index (χ0) is 23.1. The van der Waals surface area contributed by atoms with Gasteiger partial charge in [-0.25, -0.2) is 4.98 Å². The summed E-state index contributed by atoms with van der Waals surface area (Å²) in [7, 11) is 1.63. The van der Waals surface area contributed by atoms with Crippen LogP contribution in [0.4, 0.5) is 0 Å². The van der Waals surface area contributed by atoms with Gasteiger partial charge in [0.2, 0.25) is 0 Å². The van der Waals surface area contributed by atoms with E-state index in [1.165, 1.54) is 6.42 Å². The second kappa shape index (κ2) is 8.50. The predicted octanol–water partition coefficient (Wildman–Crippen LogP) is 4.77. The fourth-order valence-corrected chi connectivity index (χ4v) is 5.14. The second-order valence-corrected chi connectivity index (χ2v) is 9.31. The van der Waals surface area contributed by atoms with Gasteiger partial charge in [0.25, 0.3) is 11.1 Å². The van der Waals surface area contributed by atoms with Crippen molar-refractivity contribution in [1.82, 2.24) is 14.1 Å². The third kappa shape index (κ3) is 3.84. The summed E-state index contributed by atoms with van der Waals surface area (Å²) in [6.45, 7) is 4.94. The second-order valence-electron chi connectivity index (χ2n) is 9.31. The van der Waals surface area contributed by atoms with Gasteiger partial charge >= 0.3 is 0 Å². The quantitative estimate of drug-likeness (QED) is 0.426. The molecule has 1 aliphatic carbocycles. The number of rotatable bonds is 4. The zero-order valence-electron chi connectivity index (χ0n) is 19.3. The van der Waals surface area contributed by atoms with Crippen LogP contribution >= 0.6 is 0 Å². The molecule has 3 atom stereocenters. The van der Waals surface area contributed by atoms with E-state index in [1.54, 1.807) is 23.9 Å². The molecule has 0 N–H and O–H groups in total. The largest absolute Gasteiger partial charge is 0.497 e. The van der Waals surface area contributed by atoms with Crippen LogP contribution in [0.1, 0.15) is 44.7 Å². The first kappa shape index (κ1) is 21.4. The molecule has 1 fully saturated rings. The molecule has 170 valence electrons. The van der Waals surface area contributed by atoms with Crippen LogP contribution in [0.2, 0.25) is 0 Å². The van der Waals surface area contributed by atoms with E-state index in [0.717, 1.165) is 24.2 Å². The Kier molecular flexibility index (Phi) is 5.52. The van der Waals surface area contributed by atoms with Gasteiger partial charge in [0.05, 0.1) is 35.5 Å². The van der Waals surface area contributed by atoms with Gasteiger partial charge in [-0.05, 0) is 54.2 Å². The van der Waals surface area contributed by atoms with Crippen LogP contribution in [0.3, 0.4) is 0 Å². The summed E-state index contributed by atoms with van der Waals surface area (Å²) < 4.78 is 8.74. The van der Waals surface area contributed by atoms with E-state index >= 15 is 0 Å². The molecule has 0 bridgehead atoms. The Hall–Kier alpha value is -3.41. The normalized spacial score (nSPS) is 20.9. The molecular formula is C27H29N3O3. The summed E-state index contributed by atoms with van der Waals surface area (Å²) in [4.78, 5) is 31.4. The lowest BCUT2D eigenvalue weighted by Crippen LogP contribution is -2.33. The number of nitrogens with zero attached hydrogens (tertiary/aromatic N) is 3. The molecule has 0 amide bonds. The maximum atomic E-state index is 13.5. The number of pyridine rings is 3. The van der Waals surface area contributed by atoms with Crippen LogP contribution in [-0.2, 0) is 6.54 Å². The van der Waals surface area contributed by atoms with E-state index < -0.39 is 0 Å². The summed E-state index contributed by atoms with van der Waals surface area (Å²) in [5.74, 6) is 1.80. The number of aromatic nitrogens is 3. The van der Waals surface area contributed by atoms with Gasteiger partial charge in [-0.3, -0.25) is 9.59 Å². The highest BCUT2D eigenvalue weighted by Gasteiger charge is 2.29. The topological polar surface area (TPSA) is 66.1 Å². The highest BCUT2D eigenvalue weighted by molar-refractivity contribution is 5.91. The lowest BCUT2D eigenvalue weighted by atomic mass is 9.78. The van der Waals surface area contributed by atoms with Gasteiger partial charge in [-0.2, -0.15) is 0 Å². The first-order valence-corrected chi connectivity index (χ1v) is 11.6. The Labute approximate surface area is 192 Å². The van der Waals surface area contributed by atoms with E-state index in [4.69, 9.17) is 4.74 Å². The van der Waals surface area contributed by atoms with Gasteiger partial charge in [0.1, 0.15) is 5.75 Å². The number of fused-ring (bicyclic) bond motifs is 2. The van der Waals surface area contributed by atoms with Crippen LogP contribution in [-0.4, -0.2) is 21.2 Å². The maximum Gasteiger partial charge on any atom is 0.260 e. The van der Waals surface area contributed by atoms with Crippen molar-refractivity contribution >= 4 is 21.8 Å². The molecule has 1 aliphatic rings. The van der Waals surface area contributed by atoms with Crippen molar-refractivity contribution in [2.75, 3.05) is 7.11 Å². The lowest BCUT2D eigenvalue weighted by Gasteiger charge is -2.35. The van der Waals surface area contributed by atoms with Crippen molar-refractivity contribution in [2.24, 2.45) is 11.8 Å². The monoisotopic (exact) mass is 443 g/mol. The summed E-state index contributed by atoms with van der Waals surface area (Å²) in [5, 5.41) is 0.980. The molecule has 0 aliphatic heterocycles. The Morgan fingerprint density at radius 1 is 0.939 bits per heavy atom. The van der Waals surface area contributed by atoms with Crippen molar-refractivity contribution in [3.8, 4) is 5.75 Å². The van der Waals surface area contributed by atoms with E-state index in [9.17, 15) is 9.59 Å². The highest BCUT2D eigenvalue weighted by atomic mass is 16.5. The SMILES string of the molecule is COc1ccc(Cn2ccc3nc4ccn([C@H]5CCC[C@@H](C)[C@@H]5C)c(=O)c4cc3c2=O)cc1. The van der Waals surface area contributed by atoms with Gasteiger partial charge < -0.3 is 13.9 Å². The highest BCUT2D eigenvalue weighted by Crippen LogP contribution is 2.37. The minimum Gasteiger partial charge on any atom is -0.497 e. The number of methoxy groups -OCH3 is 1. The molecule has 0 saturated heterocycles. The minimum atomic E-state index is -0.146. The maximum absolute atomic E-state index is 13.5. The third-order valence-electron chi connectivity index (χ3n) is 7.38. The number of ether oxygens (including phenoxy) is 1. The number of hydrogen-bond acceptors (Lipinski definition) is 4. The van der Waals surface area contributed by atoms with Gasteiger partial charge in [0.15, 0.2) is 0 Å². The minimum absolute atomic E-state index is 0.0576. The Morgan fingerprint density at radius 3 is 2.36 bits per heavy atom. The Morgan fingerprint density at radius 2 is 1.64 bits per heavy atom. The fourth-order valence-electron chi connectivity index (χ4n) is 5.14. The molecule has 0 spiro atoms. The van der Waals surface area contributed by atoms with Crippen LogP contribution in [0.5, 0.6) is 5.75 Å². The van der Waals surface area contributed by atoms with Crippen LogP contribution < -0.4 is 15.9 Å². The van der Waals surface area contributed by atoms with Crippen molar-refractivity contribution in [1.29, 1.82) is 0 Å². The first-order chi connectivity index (χ1) is 16.0. The number of benzene rings is 1. The molecular weight excluding hydrogens is 414 g/mol. The molecule has 5 rings (SSSR count). The fraction of sp³-hybridized carbons (Fsp3) is 0.370. The summed E-state index contributed by atoms with van der Waals surface area (Å²) in [5.41, 5.74) is 2.03. The molecule has 0 unspecified atom stereocenters. The molecule has 4 aromatic rings. The third-order valence-corrected chi connectivity index (χ3v) is 7.38. The van der Waals surface area contributed by atoms with Crippen molar-refractivity contribution in [3.05, 3.63) is 81.1 Å². The number of hydrogen-bond donors (Lipinski definition) is 0. The zero-order valence-corrected chi connectivity index (χ0v) is 19.3. The average molecular weight is 444 g/mol.